The van der Waals surface area contributed by atoms with E-state index in [1.807, 2.05) is 0 Å². The maximum Gasteiger partial charge on any atom is 0.410 e. The van der Waals surface area contributed by atoms with E-state index in [1.54, 1.807) is 64.6 Å². The summed E-state index contributed by atoms with van der Waals surface area (Å²) in [5, 5.41) is 19.2. The number of nitrogens with one attached hydrogen (secondary N) is 3. The second kappa shape index (κ2) is 16.2. The van der Waals surface area contributed by atoms with E-state index in [-0.39, 0.29) is 23.7 Å². The first kappa shape index (κ1) is 35.5. The summed E-state index contributed by atoms with van der Waals surface area (Å²) in [6.45, 7) is 12.2. The molecule has 0 fully saturated rings. The summed E-state index contributed by atoms with van der Waals surface area (Å²) in [4.78, 5) is 61.9. The summed E-state index contributed by atoms with van der Waals surface area (Å²) >= 11 is 0. The molecule has 0 atom stereocenters. The summed E-state index contributed by atoms with van der Waals surface area (Å²) in [6.07, 6.45) is 0.757. The van der Waals surface area contributed by atoms with Gasteiger partial charge < -0.3 is 30.3 Å². The molecule has 0 aliphatic rings. The fourth-order valence-electron chi connectivity index (χ4n) is 3.83. The normalized spacial score (nSPS) is 11.2. The number of hydrogen-bond acceptors (Lipinski definition) is 8. The van der Waals surface area contributed by atoms with Gasteiger partial charge in [0.1, 0.15) is 11.2 Å². The number of alkyl carbamates (subject to hydrolysis) is 1. The van der Waals surface area contributed by atoms with Crippen LogP contribution in [0.3, 0.4) is 0 Å². The maximum atomic E-state index is 12.8. The molecule has 0 spiro atoms. The Morgan fingerprint density at radius 2 is 1.36 bits per heavy atom. The molecule has 3 N–H and O–H groups in total. The highest BCUT2D eigenvalue weighted by Crippen LogP contribution is 2.17. The van der Waals surface area contributed by atoms with Gasteiger partial charge in [-0.05, 0) is 85.1 Å². The van der Waals surface area contributed by atoms with Gasteiger partial charge in [-0.2, -0.15) is 0 Å². The highest BCUT2D eigenvalue weighted by molar-refractivity contribution is 6.05. The van der Waals surface area contributed by atoms with Crippen LogP contribution in [-0.2, 0) is 9.47 Å². The van der Waals surface area contributed by atoms with Crippen molar-refractivity contribution in [1.82, 2.24) is 15.5 Å². The summed E-state index contributed by atoms with van der Waals surface area (Å²) in [5.41, 5.74) is -0.678. The van der Waals surface area contributed by atoms with Gasteiger partial charge in [0.05, 0.1) is 4.92 Å². The first-order valence-electron chi connectivity index (χ1n) is 14.4. The number of carbonyl (C=O) groups is 4. The third kappa shape index (κ3) is 13.5. The second-order valence-corrected chi connectivity index (χ2v) is 12.1. The number of benzene rings is 2. The monoisotopic (exact) mass is 613 g/mol. The third-order valence-electron chi connectivity index (χ3n) is 5.77. The number of hydrogen-bond donors (Lipinski definition) is 3. The fourth-order valence-corrected chi connectivity index (χ4v) is 3.83. The van der Waals surface area contributed by atoms with Crippen LogP contribution in [-0.4, -0.2) is 71.2 Å². The fraction of sp³-hybridized carbons (Fsp3) is 0.484. The predicted molar refractivity (Wildman–Crippen MR) is 166 cm³/mol. The van der Waals surface area contributed by atoms with Crippen LogP contribution in [0, 0.1) is 10.1 Å². The lowest BCUT2D eigenvalue weighted by Gasteiger charge is -2.27. The SMILES string of the molecule is CC(C)(C)OC(=O)NCCCCN(CCCNC(=O)c1cccc(NC(=O)c2cccc([N+](=O)[O-])c2)c1)C(=O)OC(C)(C)C. The largest absolute Gasteiger partial charge is 0.444 e. The van der Waals surface area contributed by atoms with E-state index in [0.717, 1.165) is 0 Å². The molecule has 0 saturated heterocycles. The smallest absolute Gasteiger partial charge is 0.410 e. The van der Waals surface area contributed by atoms with Crippen LogP contribution in [0.5, 0.6) is 0 Å². The molecule has 44 heavy (non-hydrogen) atoms. The molecule has 2 aromatic carbocycles. The van der Waals surface area contributed by atoms with Crippen molar-refractivity contribution in [1.29, 1.82) is 0 Å². The van der Waals surface area contributed by atoms with E-state index in [2.05, 4.69) is 16.0 Å². The first-order chi connectivity index (χ1) is 20.5. The average molecular weight is 614 g/mol. The van der Waals surface area contributed by atoms with Gasteiger partial charge in [0.15, 0.2) is 0 Å². The Bertz CT molecular complexity index is 1320. The molecule has 2 rings (SSSR count). The summed E-state index contributed by atoms with van der Waals surface area (Å²) in [5.74, 6) is -0.914. The number of anilines is 1. The molecule has 2 aromatic rings. The Labute approximate surface area is 257 Å². The van der Waals surface area contributed by atoms with Crippen molar-refractivity contribution in [2.24, 2.45) is 0 Å². The van der Waals surface area contributed by atoms with Gasteiger partial charge in [-0.3, -0.25) is 19.7 Å². The maximum absolute atomic E-state index is 12.8. The van der Waals surface area contributed by atoms with Crippen molar-refractivity contribution in [2.75, 3.05) is 31.5 Å². The number of non-ortho nitro benzene ring substituents is 1. The third-order valence-corrected chi connectivity index (χ3v) is 5.77. The Hall–Kier alpha value is -4.68. The number of ether oxygens (including phenoxy) is 2. The van der Waals surface area contributed by atoms with Crippen LogP contribution in [0.4, 0.5) is 21.0 Å². The number of carbonyl (C=O) groups excluding carboxylic acids is 4. The molecule has 0 aliphatic carbocycles. The molecule has 13 heteroatoms. The molecule has 0 aromatic heterocycles. The summed E-state index contributed by atoms with van der Waals surface area (Å²) in [6, 6.07) is 11.7. The van der Waals surface area contributed by atoms with Gasteiger partial charge in [0, 0.05) is 55.1 Å². The zero-order valence-corrected chi connectivity index (χ0v) is 26.2. The highest BCUT2D eigenvalue weighted by atomic mass is 16.6. The van der Waals surface area contributed by atoms with Crippen molar-refractivity contribution in [2.45, 2.75) is 72.0 Å². The molecule has 0 bridgehead atoms. The van der Waals surface area contributed by atoms with E-state index in [0.29, 0.717) is 50.1 Å². The molecule has 0 saturated carbocycles. The number of nitrogens with zero attached hydrogens (tertiary/aromatic N) is 2. The summed E-state index contributed by atoms with van der Waals surface area (Å²) in [7, 11) is 0. The molecular formula is C31H43N5O8. The van der Waals surface area contributed by atoms with Crippen LogP contribution < -0.4 is 16.0 Å². The highest BCUT2D eigenvalue weighted by Gasteiger charge is 2.22. The van der Waals surface area contributed by atoms with Crippen molar-refractivity contribution < 1.29 is 33.6 Å². The second-order valence-electron chi connectivity index (χ2n) is 12.1. The van der Waals surface area contributed by atoms with Crippen molar-refractivity contribution in [3.8, 4) is 0 Å². The first-order valence-corrected chi connectivity index (χ1v) is 14.4. The van der Waals surface area contributed by atoms with Gasteiger partial charge in [-0.15, -0.1) is 0 Å². The Morgan fingerprint density at radius 3 is 2.00 bits per heavy atom. The number of rotatable bonds is 13. The van der Waals surface area contributed by atoms with Crippen LogP contribution in [0.25, 0.3) is 0 Å². The van der Waals surface area contributed by atoms with Gasteiger partial charge in [-0.25, -0.2) is 9.59 Å². The quantitative estimate of drug-likeness (QED) is 0.151. The lowest BCUT2D eigenvalue weighted by Crippen LogP contribution is -2.39. The molecule has 0 aliphatic heterocycles. The molecule has 0 heterocycles. The lowest BCUT2D eigenvalue weighted by atomic mass is 10.1. The standard InChI is InChI=1S/C31H43N5O8/c1-30(2,3)43-28(39)33-16-7-8-18-35(29(40)44-31(4,5)6)19-11-17-32-26(37)22-12-9-14-24(20-22)34-27(38)23-13-10-15-25(21-23)36(41)42/h9-10,12-15,20-21H,7-8,11,16-19H2,1-6H3,(H,32,37)(H,33,39)(H,34,38). The van der Waals surface area contributed by atoms with Crippen molar-refractivity contribution in [3.63, 3.8) is 0 Å². The van der Waals surface area contributed by atoms with E-state index in [1.165, 1.54) is 30.3 Å². The van der Waals surface area contributed by atoms with Crippen LogP contribution in [0.15, 0.2) is 48.5 Å². The number of amides is 4. The van der Waals surface area contributed by atoms with Crippen molar-refractivity contribution >= 4 is 35.4 Å². The predicted octanol–water partition coefficient (Wildman–Crippen LogP) is 5.51. The minimum absolute atomic E-state index is 0.114. The Kier molecular flexibility index (Phi) is 13.1. The van der Waals surface area contributed by atoms with Crippen LogP contribution in [0.1, 0.15) is 81.5 Å². The van der Waals surface area contributed by atoms with Gasteiger partial charge in [0.2, 0.25) is 0 Å². The Balaban J connectivity index is 1.87. The molecular weight excluding hydrogens is 570 g/mol. The number of nitro benzene ring substituents is 1. The number of unbranched alkanes of at least 4 members (excludes halogenated alkanes) is 1. The van der Waals surface area contributed by atoms with Crippen LogP contribution >= 0.6 is 0 Å². The number of nitro groups is 1. The lowest BCUT2D eigenvalue weighted by molar-refractivity contribution is -0.384. The van der Waals surface area contributed by atoms with Gasteiger partial charge in [-0.1, -0.05) is 12.1 Å². The topological polar surface area (TPSA) is 169 Å². The zero-order valence-electron chi connectivity index (χ0n) is 26.2. The minimum atomic E-state index is -0.669. The molecule has 240 valence electrons. The molecule has 13 nitrogen and oxygen atoms in total. The molecule has 0 unspecified atom stereocenters. The van der Waals surface area contributed by atoms with E-state index < -0.39 is 34.2 Å². The zero-order chi connectivity index (χ0) is 32.9. The average Bonchev–Trinajstić information content (AvgIpc) is 2.92. The van der Waals surface area contributed by atoms with Gasteiger partial charge in [0.25, 0.3) is 17.5 Å². The summed E-state index contributed by atoms with van der Waals surface area (Å²) < 4.78 is 10.8. The van der Waals surface area contributed by atoms with Gasteiger partial charge >= 0.3 is 12.2 Å². The molecule has 0 radical (unpaired) electrons. The van der Waals surface area contributed by atoms with E-state index in [4.69, 9.17) is 9.47 Å². The minimum Gasteiger partial charge on any atom is -0.444 e. The van der Waals surface area contributed by atoms with E-state index >= 15 is 0 Å². The molecule has 4 amide bonds. The van der Waals surface area contributed by atoms with E-state index in [9.17, 15) is 29.3 Å². The van der Waals surface area contributed by atoms with Crippen LogP contribution in [0.2, 0.25) is 0 Å². The van der Waals surface area contributed by atoms with Crippen molar-refractivity contribution in [3.05, 3.63) is 69.8 Å². The Morgan fingerprint density at radius 1 is 0.773 bits per heavy atom.